The summed E-state index contributed by atoms with van der Waals surface area (Å²) in [6, 6.07) is -0.902. The molecule has 0 aromatic heterocycles. The van der Waals surface area contributed by atoms with Crippen LogP contribution < -0.4 is 10.6 Å². The molecular weight excluding hydrogens is 408 g/mol. The molecule has 9 heteroatoms. The number of aliphatic hydroxyl groups excluding tert-OH is 3. The molecule has 3 aliphatic heterocycles. The minimum absolute atomic E-state index is 0.0562. The molecule has 3 saturated heterocycles. The summed E-state index contributed by atoms with van der Waals surface area (Å²) in [6.07, 6.45) is 0.983. The SMILES string of the molecule is CCCCO[C@@H]1CCNC1C(=O)N[C@H]1C2OC(SCCCC[C@H]1C)C(O)C(O)C2O. The first-order valence-corrected chi connectivity index (χ1v) is 12.5. The predicted molar refractivity (Wildman–Crippen MR) is 115 cm³/mol. The van der Waals surface area contributed by atoms with E-state index in [1.807, 2.05) is 6.92 Å². The summed E-state index contributed by atoms with van der Waals surface area (Å²) in [6.45, 7) is 5.51. The van der Waals surface area contributed by atoms with Gasteiger partial charge in [-0.05, 0) is 43.9 Å². The second kappa shape index (κ2) is 11.4. The van der Waals surface area contributed by atoms with Gasteiger partial charge in [-0.2, -0.15) is 0 Å². The van der Waals surface area contributed by atoms with Gasteiger partial charge in [-0.3, -0.25) is 4.79 Å². The average Bonchev–Trinajstić information content (AvgIpc) is 3.20. The van der Waals surface area contributed by atoms with Crippen LogP contribution >= 0.6 is 11.8 Å². The van der Waals surface area contributed by atoms with Gasteiger partial charge in [0.25, 0.3) is 0 Å². The average molecular weight is 447 g/mol. The van der Waals surface area contributed by atoms with Crippen LogP contribution in [0.25, 0.3) is 0 Å². The highest BCUT2D eigenvalue weighted by Gasteiger charge is 2.49. The van der Waals surface area contributed by atoms with E-state index in [-0.39, 0.29) is 17.9 Å². The number of carbonyl (C=O) groups is 1. The molecule has 6 unspecified atom stereocenters. The van der Waals surface area contributed by atoms with Gasteiger partial charge in [-0.25, -0.2) is 0 Å². The fraction of sp³-hybridized carbons (Fsp3) is 0.952. The maximum Gasteiger partial charge on any atom is 0.240 e. The summed E-state index contributed by atoms with van der Waals surface area (Å²) < 4.78 is 12.0. The van der Waals surface area contributed by atoms with Crippen molar-refractivity contribution in [2.24, 2.45) is 5.92 Å². The van der Waals surface area contributed by atoms with Crippen LogP contribution in [0.1, 0.15) is 52.4 Å². The molecule has 0 aromatic rings. The number of unbranched alkanes of at least 4 members (excludes halogenated alkanes) is 1. The Morgan fingerprint density at radius 1 is 1.20 bits per heavy atom. The van der Waals surface area contributed by atoms with Crippen molar-refractivity contribution in [1.82, 2.24) is 10.6 Å². The van der Waals surface area contributed by atoms with Gasteiger partial charge in [-0.1, -0.05) is 26.7 Å². The Kier molecular flexibility index (Phi) is 9.24. The van der Waals surface area contributed by atoms with Crippen LogP contribution in [0.4, 0.5) is 0 Å². The first kappa shape index (κ1) is 24.2. The summed E-state index contributed by atoms with van der Waals surface area (Å²) in [5.74, 6) is 0.716. The Balaban J connectivity index is 1.72. The number of fused-ring (bicyclic) bond motifs is 2. The van der Waals surface area contributed by atoms with Gasteiger partial charge < -0.3 is 35.4 Å². The van der Waals surface area contributed by atoms with Crippen molar-refractivity contribution in [1.29, 1.82) is 0 Å². The third-order valence-electron chi connectivity index (χ3n) is 6.50. The van der Waals surface area contributed by atoms with Gasteiger partial charge in [0, 0.05) is 6.61 Å². The normalized spacial score (nSPS) is 42.6. The molecule has 174 valence electrons. The number of aliphatic hydroxyl groups is 3. The molecular formula is C21H38N2O6S. The summed E-state index contributed by atoms with van der Waals surface area (Å²) in [5.41, 5.74) is -0.618. The van der Waals surface area contributed by atoms with Crippen molar-refractivity contribution < 1.29 is 29.6 Å². The molecule has 3 rings (SSSR count). The predicted octanol–water partition coefficient (Wildman–Crippen LogP) is 0.379. The van der Waals surface area contributed by atoms with Crippen molar-refractivity contribution in [3.8, 4) is 0 Å². The van der Waals surface area contributed by atoms with Crippen LogP contribution in [0.5, 0.6) is 0 Å². The molecule has 0 saturated carbocycles. The van der Waals surface area contributed by atoms with Gasteiger partial charge in [0.05, 0.1) is 12.1 Å². The number of amides is 1. The Labute approximate surface area is 183 Å². The monoisotopic (exact) mass is 446 g/mol. The van der Waals surface area contributed by atoms with Gasteiger partial charge >= 0.3 is 0 Å². The zero-order valence-electron chi connectivity index (χ0n) is 18.0. The van der Waals surface area contributed by atoms with Crippen molar-refractivity contribution >= 4 is 17.7 Å². The van der Waals surface area contributed by atoms with Crippen molar-refractivity contribution in [3.63, 3.8) is 0 Å². The second-order valence-electron chi connectivity index (χ2n) is 8.80. The van der Waals surface area contributed by atoms with Crippen LogP contribution in [0, 0.1) is 5.92 Å². The highest BCUT2D eigenvalue weighted by Crippen LogP contribution is 2.34. The Morgan fingerprint density at radius 3 is 2.77 bits per heavy atom. The molecule has 0 aromatic carbocycles. The molecule has 5 N–H and O–H groups in total. The molecule has 2 bridgehead atoms. The van der Waals surface area contributed by atoms with E-state index in [4.69, 9.17) is 9.47 Å². The van der Waals surface area contributed by atoms with E-state index in [0.29, 0.717) is 6.61 Å². The number of rotatable bonds is 6. The second-order valence-corrected chi connectivity index (χ2v) is 10.0. The van der Waals surface area contributed by atoms with E-state index >= 15 is 0 Å². The maximum atomic E-state index is 13.2. The van der Waals surface area contributed by atoms with Gasteiger partial charge in [-0.15, -0.1) is 11.8 Å². The third-order valence-corrected chi connectivity index (χ3v) is 7.74. The van der Waals surface area contributed by atoms with Crippen molar-refractivity contribution in [2.45, 2.75) is 100 Å². The van der Waals surface area contributed by atoms with Crippen LogP contribution in [0.2, 0.25) is 0 Å². The smallest absolute Gasteiger partial charge is 0.240 e. The zero-order valence-corrected chi connectivity index (χ0v) is 18.9. The summed E-state index contributed by atoms with van der Waals surface area (Å²) >= 11 is 1.46. The molecule has 9 atom stereocenters. The molecule has 0 aliphatic carbocycles. The molecule has 1 amide bonds. The first-order chi connectivity index (χ1) is 14.4. The van der Waals surface area contributed by atoms with E-state index in [1.54, 1.807) is 0 Å². The van der Waals surface area contributed by atoms with Crippen molar-refractivity contribution in [2.75, 3.05) is 18.9 Å². The van der Waals surface area contributed by atoms with Crippen LogP contribution in [0.15, 0.2) is 0 Å². The molecule has 3 fully saturated rings. The minimum Gasteiger partial charge on any atom is -0.388 e. The lowest BCUT2D eigenvalue weighted by Gasteiger charge is -2.45. The van der Waals surface area contributed by atoms with E-state index in [2.05, 4.69) is 17.6 Å². The van der Waals surface area contributed by atoms with Crippen LogP contribution in [-0.4, -0.2) is 88.2 Å². The zero-order chi connectivity index (χ0) is 21.7. The molecule has 8 nitrogen and oxygen atoms in total. The largest absolute Gasteiger partial charge is 0.388 e. The first-order valence-electron chi connectivity index (χ1n) is 11.4. The van der Waals surface area contributed by atoms with Gasteiger partial charge in [0.2, 0.25) is 5.91 Å². The highest BCUT2D eigenvalue weighted by atomic mass is 32.2. The fourth-order valence-electron chi connectivity index (χ4n) is 4.56. The summed E-state index contributed by atoms with van der Waals surface area (Å²) in [4.78, 5) is 13.2. The number of carbonyl (C=O) groups excluding carboxylic acids is 1. The lowest BCUT2D eigenvalue weighted by Crippen LogP contribution is -2.65. The lowest BCUT2D eigenvalue weighted by molar-refractivity contribution is -0.209. The van der Waals surface area contributed by atoms with Crippen LogP contribution in [-0.2, 0) is 14.3 Å². The summed E-state index contributed by atoms with van der Waals surface area (Å²) in [5, 5.41) is 37.7. The molecule has 30 heavy (non-hydrogen) atoms. The number of hydrogen-bond donors (Lipinski definition) is 5. The van der Waals surface area contributed by atoms with E-state index in [9.17, 15) is 20.1 Å². The Morgan fingerprint density at radius 2 is 2.00 bits per heavy atom. The number of nitrogens with one attached hydrogen (secondary N) is 2. The van der Waals surface area contributed by atoms with E-state index < -0.39 is 41.9 Å². The number of thioether (sulfide) groups is 1. The molecule has 0 spiro atoms. The fourth-order valence-corrected chi connectivity index (χ4v) is 5.73. The topological polar surface area (TPSA) is 120 Å². The molecule has 0 radical (unpaired) electrons. The van der Waals surface area contributed by atoms with Gasteiger partial charge in [0.1, 0.15) is 35.9 Å². The Bertz CT molecular complexity index is 556. The number of hydrogen-bond acceptors (Lipinski definition) is 8. The van der Waals surface area contributed by atoms with E-state index in [0.717, 1.165) is 50.8 Å². The van der Waals surface area contributed by atoms with Crippen molar-refractivity contribution in [3.05, 3.63) is 0 Å². The van der Waals surface area contributed by atoms with Gasteiger partial charge in [0.15, 0.2) is 0 Å². The highest BCUT2D eigenvalue weighted by molar-refractivity contribution is 7.99. The minimum atomic E-state index is -1.30. The maximum absolute atomic E-state index is 13.2. The van der Waals surface area contributed by atoms with Crippen LogP contribution in [0.3, 0.4) is 0 Å². The summed E-state index contributed by atoms with van der Waals surface area (Å²) in [7, 11) is 0. The lowest BCUT2D eigenvalue weighted by atomic mass is 9.85. The van der Waals surface area contributed by atoms with E-state index in [1.165, 1.54) is 11.8 Å². The number of ether oxygens (including phenoxy) is 2. The Hall–Kier alpha value is -0.420. The third kappa shape index (κ3) is 5.68. The molecule has 3 aliphatic rings. The standard InChI is InChI=1S/C21H38N2O6S/c1-3-4-10-28-13-8-9-22-15(13)20(27)23-14-12(2)7-5-6-11-30-21-18(26)16(24)17(25)19(14)29-21/h12-19,21-22,24-26H,3-11H2,1-2H3,(H,23,27)/t12-,13-,14-,15?,16?,17?,18?,19?,21?/m1/s1. The quantitative estimate of drug-likeness (QED) is 0.372. The molecule has 3 heterocycles.